The number of aromatic nitrogens is 1. The Labute approximate surface area is 265 Å². The number of fused-ring (bicyclic) bond motifs is 1. The molecule has 0 aliphatic carbocycles. The van der Waals surface area contributed by atoms with Gasteiger partial charge in [0.2, 0.25) is 0 Å². The van der Waals surface area contributed by atoms with Crippen molar-refractivity contribution >= 4 is 44.5 Å². The van der Waals surface area contributed by atoms with Crippen LogP contribution in [-0.4, -0.2) is 47.5 Å². The summed E-state index contributed by atoms with van der Waals surface area (Å²) in [5.41, 5.74) is -1.78. The summed E-state index contributed by atoms with van der Waals surface area (Å²) >= 11 is 3.39. The largest absolute Gasteiger partial charge is 0.481 e. The fourth-order valence-corrected chi connectivity index (χ4v) is 6.40. The first-order valence-corrected chi connectivity index (χ1v) is 15.3. The number of hydrogen-bond acceptors (Lipinski definition) is 4. The predicted molar refractivity (Wildman–Crippen MR) is 162 cm³/mol. The SMILES string of the molecule is Cc1c(N2CCCC(F)(F)C2)nc2ccc(Br)cc2c1C(=O)NCC(CCC(=O)O)C(C)(C)Cc1c(F)cccc1C(F)(F)F. The zero-order valence-corrected chi connectivity index (χ0v) is 26.6. The Morgan fingerprint density at radius 1 is 1.18 bits per heavy atom. The summed E-state index contributed by atoms with van der Waals surface area (Å²) in [6, 6.07) is 7.78. The van der Waals surface area contributed by atoms with Crippen LogP contribution in [-0.2, 0) is 17.4 Å². The number of halogens is 7. The molecule has 1 aromatic heterocycles. The van der Waals surface area contributed by atoms with Gasteiger partial charge in [0, 0.05) is 46.9 Å². The van der Waals surface area contributed by atoms with Crippen LogP contribution in [0.3, 0.4) is 0 Å². The number of piperidine rings is 1. The molecule has 3 aromatic rings. The van der Waals surface area contributed by atoms with E-state index in [1.165, 1.54) is 4.90 Å². The second-order valence-corrected chi connectivity index (χ2v) is 13.2. The van der Waals surface area contributed by atoms with Crippen molar-refractivity contribution in [1.82, 2.24) is 10.3 Å². The first-order valence-electron chi connectivity index (χ1n) is 14.5. The van der Waals surface area contributed by atoms with Gasteiger partial charge in [0.15, 0.2) is 0 Å². The minimum atomic E-state index is -4.80. The van der Waals surface area contributed by atoms with Crippen molar-refractivity contribution in [2.24, 2.45) is 11.3 Å². The standard InChI is InChI=1S/C32H34BrF6N3O3/c1-18-27(21-14-20(33)9-10-25(21)41-28(18)42-13-5-12-31(35,36)17-42)29(45)40-16-19(8-11-26(43)44)30(2,3)15-22-23(32(37,38)39)6-4-7-24(22)34/h4,6-7,9-10,14,19H,5,8,11-13,15-17H2,1-3H3,(H,40,45)(H,43,44). The molecular formula is C32H34BrF6N3O3. The lowest BCUT2D eigenvalue weighted by atomic mass is 9.71. The van der Waals surface area contributed by atoms with Crippen molar-refractivity contribution in [3.63, 3.8) is 0 Å². The molecule has 4 rings (SSSR count). The molecule has 6 nitrogen and oxygen atoms in total. The van der Waals surface area contributed by atoms with Crippen molar-refractivity contribution in [2.45, 2.75) is 65.0 Å². The van der Waals surface area contributed by atoms with Gasteiger partial charge in [-0.15, -0.1) is 0 Å². The number of carbonyl (C=O) groups excluding carboxylic acids is 1. The molecule has 1 aliphatic rings. The van der Waals surface area contributed by atoms with E-state index in [-0.39, 0.29) is 50.0 Å². The number of benzene rings is 2. The molecule has 0 radical (unpaired) electrons. The lowest BCUT2D eigenvalue weighted by Gasteiger charge is -2.36. The Balaban J connectivity index is 1.68. The highest BCUT2D eigenvalue weighted by molar-refractivity contribution is 9.10. The van der Waals surface area contributed by atoms with Gasteiger partial charge in [-0.1, -0.05) is 35.8 Å². The quantitative estimate of drug-likeness (QED) is 0.209. The van der Waals surface area contributed by atoms with E-state index in [4.69, 9.17) is 0 Å². The summed E-state index contributed by atoms with van der Waals surface area (Å²) in [6.07, 6.45) is -5.51. The number of carboxylic acid groups (broad SMARTS) is 1. The van der Waals surface area contributed by atoms with E-state index in [2.05, 4.69) is 26.2 Å². The molecule has 0 spiro atoms. The molecule has 2 aromatic carbocycles. The zero-order chi connectivity index (χ0) is 33.3. The Kier molecular flexibility index (Phi) is 10.1. The van der Waals surface area contributed by atoms with E-state index in [0.29, 0.717) is 27.5 Å². The maximum Gasteiger partial charge on any atom is 0.416 e. The molecule has 1 amide bonds. The van der Waals surface area contributed by atoms with Crippen LogP contribution in [0, 0.1) is 24.1 Å². The molecule has 13 heteroatoms. The molecule has 2 heterocycles. The summed E-state index contributed by atoms with van der Waals surface area (Å²) in [5, 5.41) is 12.6. The van der Waals surface area contributed by atoms with Crippen LogP contribution in [0.2, 0.25) is 0 Å². The van der Waals surface area contributed by atoms with Gasteiger partial charge in [-0.25, -0.2) is 18.2 Å². The number of nitrogens with one attached hydrogen (secondary N) is 1. The van der Waals surface area contributed by atoms with Crippen LogP contribution >= 0.6 is 15.9 Å². The number of hydrogen-bond donors (Lipinski definition) is 2. The maximum atomic E-state index is 14.8. The van der Waals surface area contributed by atoms with Crippen molar-refractivity contribution in [2.75, 3.05) is 24.5 Å². The number of carboxylic acids is 1. The van der Waals surface area contributed by atoms with E-state index in [1.807, 2.05) is 0 Å². The van der Waals surface area contributed by atoms with Gasteiger partial charge in [0.05, 0.1) is 23.2 Å². The Hall–Kier alpha value is -3.35. The van der Waals surface area contributed by atoms with Gasteiger partial charge in [-0.3, -0.25) is 9.59 Å². The van der Waals surface area contributed by atoms with Crippen LogP contribution < -0.4 is 10.2 Å². The second kappa shape index (κ2) is 13.2. The van der Waals surface area contributed by atoms with E-state index >= 15 is 0 Å². The van der Waals surface area contributed by atoms with Gasteiger partial charge in [0.1, 0.15) is 11.6 Å². The van der Waals surface area contributed by atoms with Gasteiger partial charge in [0.25, 0.3) is 11.8 Å². The van der Waals surface area contributed by atoms with E-state index in [1.54, 1.807) is 39.0 Å². The van der Waals surface area contributed by atoms with E-state index in [9.17, 15) is 41.0 Å². The fourth-order valence-electron chi connectivity index (χ4n) is 6.04. The van der Waals surface area contributed by atoms with Crippen LogP contribution in [0.15, 0.2) is 40.9 Å². The summed E-state index contributed by atoms with van der Waals surface area (Å²) in [4.78, 5) is 31.4. The molecule has 0 bridgehead atoms. The average Bonchev–Trinajstić information content (AvgIpc) is 2.92. The zero-order valence-electron chi connectivity index (χ0n) is 25.0. The first kappa shape index (κ1) is 34.5. The van der Waals surface area contributed by atoms with E-state index < -0.39 is 58.8 Å². The molecule has 1 saturated heterocycles. The Bertz CT molecular complexity index is 1590. The number of anilines is 1. The number of aliphatic carboxylic acids is 1. The Morgan fingerprint density at radius 2 is 1.89 bits per heavy atom. The van der Waals surface area contributed by atoms with Gasteiger partial charge < -0.3 is 15.3 Å². The summed E-state index contributed by atoms with van der Waals surface area (Å²) in [6.45, 7) is 4.48. The molecule has 2 N–H and O–H groups in total. The minimum Gasteiger partial charge on any atom is -0.481 e. The fraction of sp³-hybridized carbons (Fsp3) is 0.469. The van der Waals surface area contributed by atoms with Crippen molar-refractivity contribution < 1.29 is 41.0 Å². The third-order valence-corrected chi connectivity index (χ3v) is 8.95. The van der Waals surface area contributed by atoms with Crippen molar-refractivity contribution in [3.8, 4) is 0 Å². The van der Waals surface area contributed by atoms with Gasteiger partial charge in [-0.2, -0.15) is 13.2 Å². The monoisotopic (exact) mass is 701 g/mol. The van der Waals surface area contributed by atoms with Crippen LogP contribution in [0.5, 0.6) is 0 Å². The highest BCUT2D eigenvalue weighted by Gasteiger charge is 2.39. The number of rotatable bonds is 10. The lowest BCUT2D eigenvalue weighted by Crippen LogP contribution is -2.43. The molecule has 244 valence electrons. The summed E-state index contributed by atoms with van der Waals surface area (Å²) in [5.74, 6) is -6.10. The molecule has 0 saturated carbocycles. The number of nitrogens with zero attached hydrogens (tertiary/aromatic N) is 2. The average molecular weight is 703 g/mol. The van der Waals surface area contributed by atoms with Crippen molar-refractivity contribution in [3.05, 3.63) is 68.9 Å². The van der Waals surface area contributed by atoms with Crippen LogP contribution in [0.4, 0.5) is 32.2 Å². The van der Waals surface area contributed by atoms with Gasteiger partial charge in [-0.05, 0) is 67.9 Å². The first-order chi connectivity index (χ1) is 20.9. The summed E-state index contributed by atoms with van der Waals surface area (Å²) < 4.78 is 85.3. The third kappa shape index (κ3) is 8.09. The van der Waals surface area contributed by atoms with E-state index in [0.717, 1.165) is 18.2 Å². The second-order valence-electron chi connectivity index (χ2n) is 12.2. The number of carbonyl (C=O) groups is 2. The topological polar surface area (TPSA) is 82.5 Å². The molecule has 1 atom stereocenters. The van der Waals surface area contributed by atoms with Gasteiger partial charge >= 0.3 is 12.1 Å². The molecular weight excluding hydrogens is 668 g/mol. The van der Waals surface area contributed by atoms with Crippen molar-refractivity contribution in [1.29, 1.82) is 0 Å². The minimum absolute atomic E-state index is 0.00580. The predicted octanol–water partition coefficient (Wildman–Crippen LogP) is 8.18. The lowest BCUT2D eigenvalue weighted by molar-refractivity contribution is -0.138. The van der Waals surface area contributed by atoms with Crippen LogP contribution in [0.1, 0.15) is 66.6 Å². The van der Waals surface area contributed by atoms with Crippen LogP contribution in [0.25, 0.3) is 10.9 Å². The molecule has 1 unspecified atom stereocenters. The highest BCUT2D eigenvalue weighted by atomic mass is 79.9. The number of alkyl halides is 5. The molecule has 1 fully saturated rings. The third-order valence-electron chi connectivity index (χ3n) is 8.46. The molecule has 45 heavy (non-hydrogen) atoms. The Morgan fingerprint density at radius 3 is 2.53 bits per heavy atom. The number of pyridine rings is 1. The number of amides is 1. The summed E-state index contributed by atoms with van der Waals surface area (Å²) in [7, 11) is 0. The normalized spacial score (nSPS) is 16.1. The smallest absolute Gasteiger partial charge is 0.416 e. The maximum absolute atomic E-state index is 14.8. The molecule has 1 aliphatic heterocycles. The highest BCUT2D eigenvalue weighted by Crippen LogP contribution is 2.40.